The van der Waals surface area contributed by atoms with E-state index in [4.69, 9.17) is 13.6 Å². The number of phenols is 7. The third kappa shape index (κ3) is 4.29. The van der Waals surface area contributed by atoms with Crippen LogP contribution < -0.4 is 15.6 Å². The summed E-state index contributed by atoms with van der Waals surface area (Å²) in [5.41, 5.74) is -1.63. The van der Waals surface area contributed by atoms with Crippen molar-refractivity contribution in [2.24, 2.45) is 0 Å². The molecule has 0 saturated heterocycles. The van der Waals surface area contributed by atoms with Gasteiger partial charge in [0.15, 0.2) is 34.2 Å². The average Bonchev–Trinajstić information content (AvgIpc) is 2.92. The van der Waals surface area contributed by atoms with Crippen LogP contribution in [0, 0.1) is 0 Å². The highest BCUT2D eigenvalue weighted by molar-refractivity contribution is 5.89. The summed E-state index contributed by atoms with van der Waals surface area (Å²) in [7, 11) is 0. The molecule has 2 heterocycles. The first-order chi connectivity index (χ1) is 20.0. The van der Waals surface area contributed by atoms with E-state index in [0.717, 1.165) is 36.4 Å². The van der Waals surface area contributed by atoms with Gasteiger partial charge in [0.1, 0.15) is 50.7 Å². The lowest BCUT2D eigenvalue weighted by Crippen LogP contribution is -2.08. The predicted molar refractivity (Wildman–Crippen MR) is 148 cm³/mol. The van der Waals surface area contributed by atoms with Crippen LogP contribution in [-0.2, 0) is 0 Å². The number of ether oxygens (including phenoxy) is 1. The largest absolute Gasteiger partial charge is 0.508 e. The van der Waals surface area contributed by atoms with E-state index >= 15 is 0 Å². The monoisotopic (exact) mass is 570 g/mol. The molecule has 0 saturated carbocycles. The van der Waals surface area contributed by atoms with Gasteiger partial charge in [0.2, 0.25) is 11.2 Å². The Morgan fingerprint density at radius 3 is 1.86 bits per heavy atom. The second kappa shape index (κ2) is 9.41. The van der Waals surface area contributed by atoms with Crippen LogP contribution in [0.2, 0.25) is 0 Å². The number of aromatic hydroxyl groups is 7. The zero-order chi connectivity index (χ0) is 29.9. The summed E-state index contributed by atoms with van der Waals surface area (Å²) < 4.78 is 17.5. The Bertz CT molecular complexity index is 2190. The first kappa shape index (κ1) is 26.0. The molecule has 210 valence electrons. The predicted octanol–water partition coefficient (Wildman–Crippen LogP) is 4.96. The fourth-order valence-corrected chi connectivity index (χ4v) is 4.45. The van der Waals surface area contributed by atoms with E-state index in [0.29, 0.717) is 0 Å². The van der Waals surface area contributed by atoms with Crippen LogP contribution in [0.1, 0.15) is 0 Å². The molecule has 0 aliphatic carbocycles. The van der Waals surface area contributed by atoms with E-state index in [-0.39, 0.29) is 56.1 Å². The third-order valence-electron chi connectivity index (χ3n) is 6.42. The summed E-state index contributed by atoms with van der Waals surface area (Å²) in [6, 6.07) is 12.6. The van der Waals surface area contributed by atoms with Crippen LogP contribution >= 0.6 is 0 Å². The Kier molecular flexibility index (Phi) is 5.82. The fourth-order valence-electron chi connectivity index (χ4n) is 4.45. The first-order valence-electron chi connectivity index (χ1n) is 12.1. The minimum atomic E-state index is -0.898. The van der Waals surface area contributed by atoms with Crippen molar-refractivity contribution in [3.05, 3.63) is 87.2 Å². The molecule has 6 rings (SSSR count). The van der Waals surface area contributed by atoms with Gasteiger partial charge in [-0.3, -0.25) is 9.59 Å². The molecule has 0 fully saturated rings. The van der Waals surface area contributed by atoms with Crippen LogP contribution in [0.25, 0.3) is 44.6 Å². The van der Waals surface area contributed by atoms with E-state index in [1.807, 2.05) is 0 Å². The van der Waals surface area contributed by atoms with Crippen molar-refractivity contribution < 1.29 is 49.3 Å². The molecular weight excluding hydrogens is 552 g/mol. The van der Waals surface area contributed by atoms with Crippen LogP contribution in [0.4, 0.5) is 0 Å². The van der Waals surface area contributed by atoms with Gasteiger partial charge in [0.25, 0.3) is 0 Å². The average molecular weight is 570 g/mol. The molecule has 0 bridgehead atoms. The normalized spacial score (nSPS) is 11.2. The Hall–Kier alpha value is -6.30. The Morgan fingerprint density at radius 1 is 0.548 bits per heavy atom. The van der Waals surface area contributed by atoms with Gasteiger partial charge in [-0.05, 0) is 36.4 Å². The van der Waals surface area contributed by atoms with Crippen LogP contribution in [-0.4, -0.2) is 35.7 Å². The SMILES string of the molecule is O=c1cc(-c2ccc(O)c(O)c2)oc2cc(Oc3c(-c4ccc(O)c(O)c4)oc4cc(O)cc(O)c4c3=O)cc(O)c12. The van der Waals surface area contributed by atoms with Gasteiger partial charge in [-0.1, -0.05) is 0 Å². The van der Waals surface area contributed by atoms with Crippen molar-refractivity contribution in [2.75, 3.05) is 0 Å². The molecule has 0 amide bonds. The van der Waals surface area contributed by atoms with Gasteiger partial charge in [-0.15, -0.1) is 0 Å². The summed E-state index contributed by atoms with van der Waals surface area (Å²) in [5.74, 6) is -4.43. The number of hydrogen-bond donors (Lipinski definition) is 7. The molecule has 2 aromatic heterocycles. The van der Waals surface area contributed by atoms with Crippen LogP contribution in [0.5, 0.6) is 51.7 Å². The maximum Gasteiger partial charge on any atom is 0.239 e. The summed E-state index contributed by atoms with van der Waals surface area (Å²) >= 11 is 0. The molecule has 0 aliphatic heterocycles. The Morgan fingerprint density at radius 2 is 1.17 bits per heavy atom. The topological polar surface area (TPSA) is 211 Å². The van der Waals surface area contributed by atoms with E-state index < -0.39 is 51.1 Å². The van der Waals surface area contributed by atoms with Gasteiger partial charge in [0, 0.05) is 41.5 Å². The van der Waals surface area contributed by atoms with Crippen LogP contribution in [0.15, 0.2) is 85.2 Å². The smallest absolute Gasteiger partial charge is 0.239 e. The highest BCUT2D eigenvalue weighted by atomic mass is 16.5. The summed E-state index contributed by atoms with van der Waals surface area (Å²) in [5, 5.41) is 69.7. The maximum absolute atomic E-state index is 13.6. The lowest BCUT2D eigenvalue weighted by molar-refractivity contribution is 0.403. The van der Waals surface area contributed by atoms with Crippen molar-refractivity contribution in [1.82, 2.24) is 0 Å². The summed E-state index contributed by atoms with van der Waals surface area (Å²) in [6.45, 7) is 0. The first-order valence-corrected chi connectivity index (χ1v) is 12.1. The van der Waals surface area contributed by atoms with Crippen molar-refractivity contribution in [3.63, 3.8) is 0 Å². The minimum absolute atomic E-state index is 0.0189. The van der Waals surface area contributed by atoms with E-state index in [2.05, 4.69) is 0 Å². The fraction of sp³-hybridized carbons (Fsp3) is 0. The molecule has 6 aromatic rings. The maximum atomic E-state index is 13.6. The van der Waals surface area contributed by atoms with Crippen molar-refractivity contribution in [3.8, 4) is 74.4 Å². The molecule has 0 radical (unpaired) electrons. The molecule has 4 aromatic carbocycles. The van der Waals surface area contributed by atoms with E-state index in [1.54, 1.807) is 0 Å². The van der Waals surface area contributed by atoms with Crippen molar-refractivity contribution in [1.29, 1.82) is 0 Å². The van der Waals surface area contributed by atoms with Crippen LogP contribution in [0.3, 0.4) is 0 Å². The van der Waals surface area contributed by atoms with E-state index in [9.17, 15) is 45.3 Å². The zero-order valence-electron chi connectivity index (χ0n) is 21.0. The molecule has 0 unspecified atom stereocenters. The molecule has 0 spiro atoms. The highest BCUT2D eigenvalue weighted by Crippen LogP contribution is 2.41. The van der Waals surface area contributed by atoms with Crippen molar-refractivity contribution in [2.45, 2.75) is 0 Å². The lowest BCUT2D eigenvalue weighted by Gasteiger charge is -2.13. The van der Waals surface area contributed by atoms with Gasteiger partial charge in [-0.2, -0.15) is 0 Å². The lowest BCUT2D eigenvalue weighted by atomic mass is 10.1. The number of benzene rings is 4. The molecule has 0 atom stereocenters. The number of hydrogen-bond acceptors (Lipinski definition) is 12. The molecule has 42 heavy (non-hydrogen) atoms. The Labute approximate surface area is 233 Å². The van der Waals surface area contributed by atoms with Gasteiger partial charge >= 0.3 is 0 Å². The standard InChI is InChI=1S/C30H18O12/c31-14-7-20(36)27-24(8-14)42-29(13-2-4-17(33)19(35)6-13)30(28(27)39)40-15-9-21(37)26-22(38)11-23(41-25(26)10-15)12-1-3-16(32)18(34)5-12/h1-11,31-37H. The molecule has 0 aliphatic rings. The number of phenolic OH excluding ortho intramolecular Hbond substituents is 7. The quantitative estimate of drug-likeness (QED) is 0.140. The van der Waals surface area contributed by atoms with E-state index in [1.165, 1.54) is 30.3 Å². The van der Waals surface area contributed by atoms with Gasteiger partial charge < -0.3 is 49.3 Å². The van der Waals surface area contributed by atoms with Gasteiger partial charge in [-0.25, -0.2) is 0 Å². The zero-order valence-corrected chi connectivity index (χ0v) is 21.0. The molecule has 7 N–H and O–H groups in total. The second-order valence-electron chi connectivity index (χ2n) is 9.23. The van der Waals surface area contributed by atoms with Crippen molar-refractivity contribution >= 4 is 21.9 Å². The molecule has 12 heteroatoms. The highest BCUT2D eigenvalue weighted by Gasteiger charge is 2.23. The minimum Gasteiger partial charge on any atom is -0.508 e. The summed E-state index contributed by atoms with van der Waals surface area (Å²) in [6.07, 6.45) is 0. The number of rotatable bonds is 4. The third-order valence-corrected chi connectivity index (χ3v) is 6.42. The van der Waals surface area contributed by atoms with Gasteiger partial charge in [0.05, 0.1) is 0 Å². The Balaban J connectivity index is 1.56. The number of fused-ring (bicyclic) bond motifs is 2. The summed E-state index contributed by atoms with van der Waals surface area (Å²) in [4.78, 5) is 26.4. The second-order valence-corrected chi connectivity index (χ2v) is 9.23. The molecular formula is C30H18O12. The molecule has 12 nitrogen and oxygen atoms in total.